The molecule has 2 heterocycles. The number of carbonyl (C=O) groups excluding carboxylic acids is 2. The van der Waals surface area contributed by atoms with Crippen LogP contribution in [0.25, 0.3) is 22.6 Å². The topological polar surface area (TPSA) is 75.4 Å². The number of rotatable bonds is 7. The van der Waals surface area contributed by atoms with E-state index in [1.165, 1.54) is 5.56 Å². The Morgan fingerprint density at radius 3 is 2.47 bits per heavy atom. The number of likely N-dealkylation sites (tertiary alicyclic amines) is 1. The van der Waals surface area contributed by atoms with Crippen LogP contribution in [0.2, 0.25) is 0 Å². The smallest absolute Gasteiger partial charge is 0.253 e. The van der Waals surface area contributed by atoms with Crippen LogP contribution in [0, 0.1) is 24.7 Å². The van der Waals surface area contributed by atoms with E-state index >= 15 is 0 Å². The van der Waals surface area contributed by atoms with Crippen molar-refractivity contribution >= 4 is 22.9 Å². The number of carbonyl (C=O) groups is 2. The van der Waals surface area contributed by atoms with Crippen molar-refractivity contribution < 1.29 is 14.0 Å². The first kappa shape index (κ1) is 24.0. The molecule has 2 amide bonds. The minimum atomic E-state index is -0.0314. The van der Waals surface area contributed by atoms with E-state index < -0.39 is 0 Å². The molecule has 180 valence electrons. The van der Waals surface area contributed by atoms with Crippen LogP contribution in [-0.4, -0.2) is 41.3 Å². The fourth-order valence-electron chi connectivity index (χ4n) is 4.52. The largest absolute Gasteiger partial charge is 0.436 e. The summed E-state index contributed by atoms with van der Waals surface area (Å²) < 4.78 is 5.90. The molecule has 1 aromatic heterocycles. The monoisotopic (exact) mass is 461 g/mol. The normalized spacial score (nSPS) is 15.6. The summed E-state index contributed by atoms with van der Waals surface area (Å²) in [5, 5.41) is 3.07. The van der Waals surface area contributed by atoms with E-state index in [-0.39, 0.29) is 17.7 Å². The standard InChI is InChI=1S/C28H35N3O3/c1-18(2)11-14-29-26(32)20(4)21-12-15-31(16-13-21)28(33)23-9-10-25-24(17-23)30-27(34-25)22-7-5-19(3)6-8-22/h5-10,17-18,20-21H,11-16H2,1-4H3,(H,29,32). The highest BCUT2D eigenvalue weighted by Crippen LogP contribution is 2.28. The van der Waals surface area contributed by atoms with Crippen LogP contribution in [0.1, 0.15) is 56.0 Å². The highest BCUT2D eigenvalue weighted by atomic mass is 16.3. The number of aryl methyl sites for hydroxylation is 1. The number of fused-ring (bicyclic) bond motifs is 1. The minimum Gasteiger partial charge on any atom is -0.436 e. The molecule has 4 rings (SSSR count). The number of nitrogens with one attached hydrogen (secondary N) is 1. The second-order valence-electron chi connectivity index (χ2n) is 9.96. The lowest BCUT2D eigenvalue weighted by molar-refractivity contribution is -0.126. The van der Waals surface area contributed by atoms with E-state index in [2.05, 4.69) is 24.1 Å². The van der Waals surface area contributed by atoms with Gasteiger partial charge in [-0.15, -0.1) is 0 Å². The number of oxazole rings is 1. The summed E-state index contributed by atoms with van der Waals surface area (Å²) >= 11 is 0. The Morgan fingerprint density at radius 2 is 1.79 bits per heavy atom. The Bertz CT molecular complexity index is 1140. The predicted molar refractivity (Wildman–Crippen MR) is 134 cm³/mol. The first-order valence-electron chi connectivity index (χ1n) is 12.4. The molecule has 6 heteroatoms. The Kier molecular flexibility index (Phi) is 7.35. The van der Waals surface area contributed by atoms with Crippen molar-refractivity contribution in [1.29, 1.82) is 0 Å². The van der Waals surface area contributed by atoms with Gasteiger partial charge in [0.05, 0.1) is 0 Å². The number of piperidine rings is 1. The van der Waals surface area contributed by atoms with Crippen molar-refractivity contribution in [3.8, 4) is 11.5 Å². The highest BCUT2D eigenvalue weighted by molar-refractivity contribution is 5.97. The van der Waals surface area contributed by atoms with Gasteiger partial charge in [-0.3, -0.25) is 9.59 Å². The summed E-state index contributed by atoms with van der Waals surface area (Å²) in [4.78, 5) is 32.2. The second kappa shape index (κ2) is 10.4. The van der Waals surface area contributed by atoms with Crippen LogP contribution in [0.4, 0.5) is 0 Å². The molecule has 0 spiro atoms. The van der Waals surface area contributed by atoms with Gasteiger partial charge in [0.25, 0.3) is 5.91 Å². The van der Waals surface area contributed by atoms with Crippen LogP contribution in [0.5, 0.6) is 0 Å². The van der Waals surface area contributed by atoms with E-state index in [9.17, 15) is 9.59 Å². The van der Waals surface area contributed by atoms with Crippen LogP contribution in [0.15, 0.2) is 46.9 Å². The lowest BCUT2D eigenvalue weighted by Crippen LogP contribution is -2.42. The van der Waals surface area contributed by atoms with E-state index in [1.807, 2.05) is 61.2 Å². The van der Waals surface area contributed by atoms with Gasteiger partial charge in [0.15, 0.2) is 5.58 Å². The summed E-state index contributed by atoms with van der Waals surface area (Å²) in [5.74, 6) is 1.55. The van der Waals surface area contributed by atoms with Crippen molar-refractivity contribution in [2.75, 3.05) is 19.6 Å². The first-order valence-corrected chi connectivity index (χ1v) is 12.4. The van der Waals surface area contributed by atoms with Crippen molar-refractivity contribution in [3.05, 3.63) is 53.6 Å². The molecular weight excluding hydrogens is 426 g/mol. The molecule has 34 heavy (non-hydrogen) atoms. The molecule has 1 unspecified atom stereocenters. The minimum absolute atomic E-state index is 0.00859. The maximum Gasteiger partial charge on any atom is 0.253 e. The molecule has 0 saturated carbocycles. The number of aromatic nitrogens is 1. The van der Waals surface area contributed by atoms with E-state index in [1.54, 1.807) is 0 Å². The summed E-state index contributed by atoms with van der Waals surface area (Å²) in [6.07, 6.45) is 2.68. The third kappa shape index (κ3) is 5.49. The number of nitrogens with zero attached hydrogens (tertiary/aromatic N) is 2. The van der Waals surface area contributed by atoms with E-state index in [0.717, 1.165) is 31.4 Å². The summed E-state index contributed by atoms with van der Waals surface area (Å²) in [6, 6.07) is 13.5. The van der Waals surface area contributed by atoms with Gasteiger partial charge >= 0.3 is 0 Å². The quantitative estimate of drug-likeness (QED) is 0.507. The third-order valence-corrected chi connectivity index (χ3v) is 6.90. The zero-order valence-electron chi connectivity index (χ0n) is 20.6. The van der Waals surface area contributed by atoms with Crippen molar-refractivity contribution in [3.63, 3.8) is 0 Å². The average molecular weight is 462 g/mol. The van der Waals surface area contributed by atoms with Crippen molar-refractivity contribution in [1.82, 2.24) is 15.2 Å². The van der Waals surface area contributed by atoms with Gasteiger partial charge in [0.1, 0.15) is 5.52 Å². The lowest BCUT2D eigenvalue weighted by Gasteiger charge is -2.34. The Morgan fingerprint density at radius 1 is 1.09 bits per heavy atom. The lowest BCUT2D eigenvalue weighted by atomic mass is 9.84. The summed E-state index contributed by atoms with van der Waals surface area (Å²) in [6.45, 7) is 10.4. The third-order valence-electron chi connectivity index (χ3n) is 6.90. The van der Waals surface area contributed by atoms with Crippen LogP contribution < -0.4 is 5.32 Å². The maximum atomic E-state index is 13.2. The van der Waals surface area contributed by atoms with E-state index in [4.69, 9.17) is 4.42 Å². The van der Waals surface area contributed by atoms with Gasteiger partial charge < -0.3 is 14.6 Å². The molecule has 0 radical (unpaired) electrons. The Balaban J connectivity index is 1.36. The number of amides is 2. The average Bonchev–Trinajstić information content (AvgIpc) is 3.26. The zero-order valence-corrected chi connectivity index (χ0v) is 20.6. The van der Waals surface area contributed by atoms with Gasteiger partial charge in [-0.2, -0.15) is 0 Å². The van der Waals surface area contributed by atoms with E-state index in [0.29, 0.717) is 47.5 Å². The van der Waals surface area contributed by atoms with Gasteiger partial charge in [-0.1, -0.05) is 38.5 Å². The molecule has 1 aliphatic rings. The summed E-state index contributed by atoms with van der Waals surface area (Å²) in [7, 11) is 0. The molecule has 1 atom stereocenters. The highest BCUT2D eigenvalue weighted by Gasteiger charge is 2.30. The molecule has 0 bridgehead atoms. The Hall–Kier alpha value is -3.15. The predicted octanol–water partition coefficient (Wildman–Crippen LogP) is 5.45. The zero-order chi connectivity index (χ0) is 24.2. The molecule has 6 nitrogen and oxygen atoms in total. The van der Waals surface area contributed by atoms with Crippen molar-refractivity contribution in [2.24, 2.45) is 17.8 Å². The van der Waals surface area contributed by atoms with Gasteiger partial charge in [-0.05, 0) is 68.4 Å². The first-order chi connectivity index (χ1) is 16.3. The number of benzene rings is 2. The maximum absolute atomic E-state index is 13.2. The molecule has 1 aliphatic heterocycles. The van der Waals surface area contributed by atoms with Gasteiger partial charge in [0, 0.05) is 36.7 Å². The van der Waals surface area contributed by atoms with Crippen LogP contribution in [-0.2, 0) is 4.79 Å². The SMILES string of the molecule is Cc1ccc(-c2nc3cc(C(=O)N4CCC(C(C)C(=O)NCCC(C)C)CC4)ccc3o2)cc1. The molecular formula is C28H35N3O3. The molecule has 2 aromatic carbocycles. The second-order valence-corrected chi connectivity index (χ2v) is 9.96. The van der Waals surface area contributed by atoms with Crippen LogP contribution >= 0.6 is 0 Å². The fraction of sp³-hybridized carbons (Fsp3) is 0.464. The molecule has 1 fully saturated rings. The summed E-state index contributed by atoms with van der Waals surface area (Å²) in [5.41, 5.74) is 4.07. The van der Waals surface area contributed by atoms with Crippen molar-refractivity contribution in [2.45, 2.75) is 47.0 Å². The fourth-order valence-corrected chi connectivity index (χ4v) is 4.52. The molecule has 3 aromatic rings. The Labute approximate surface area is 201 Å². The number of hydrogen-bond acceptors (Lipinski definition) is 4. The molecule has 1 saturated heterocycles. The van der Waals surface area contributed by atoms with Crippen LogP contribution in [0.3, 0.4) is 0 Å². The number of hydrogen-bond donors (Lipinski definition) is 1. The van der Waals surface area contributed by atoms with Gasteiger partial charge in [-0.25, -0.2) is 4.98 Å². The molecule has 0 aliphatic carbocycles. The van der Waals surface area contributed by atoms with Gasteiger partial charge in [0.2, 0.25) is 11.8 Å². The molecule has 1 N–H and O–H groups in total.